The highest BCUT2D eigenvalue weighted by Crippen LogP contribution is 2.60. The predicted octanol–water partition coefficient (Wildman–Crippen LogP) is 5.49. The Morgan fingerprint density at radius 1 is 0.822 bits per heavy atom. The monoisotopic (exact) mass is 613 g/mol. The van der Waals surface area contributed by atoms with Crippen LogP contribution in [0.1, 0.15) is 70.8 Å². The number of likely N-dealkylation sites (tertiary alicyclic amines) is 3. The van der Waals surface area contributed by atoms with Gasteiger partial charge in [0.2, 0.25) is 11.8 Å². The van der Waals surface area contributed by atoms with Gasteiger partial charge in [-0.3, -0.25) is 14.5 Å². The molecule has 2 aromatic rings. The van der Waals surface area contributed by atoms with Crippen molar-refractivity contribution in [2.45, 2.75) is 76.8 Å². The van der Waals surface area contributed by atoms with E-state index in [1.807, 2.05) is 16.8 Å². The van der Waals surface area contributed by atoms with Gasteiger partial charge < -0.3 is 19.3 Å². The molecule has 8 heteroatoms. The molecule has 8 atom stereocenters. The molecule has 4 heterocycles. The average Bonchev–Trinajstić information content (AvgIpc) is 3.89. The number of piperidine rings is 1. The fraction of sp³-hybridized carbons (Fsp3) is 0.703. The first-order chi connectivity index (χ1) is 21.9. The quantitative estimate of drug-likeness (QED) is 0.405. The molecule has 6 fully saturated rings. The molecule has 242 valence electrons. The van der Waals surface area contributed by atoms with Gasteiger partial charge >= 0.3 is 6.03 Å². The number of urea groups is 1. The van der Waals surface area contributed by atoms with Crippen LogP contribution in [0.25, 0.3) is 10.9 Å². The Hall–Kier alpha value is -2.87. The fourth-order valence-corrected chi connectivity index (χ4v) is 11.0. The molecule has 1 aromatic carbocycles. The Bertz CT molecular complexity index is 1440. The van der Waals surface area contributed by atoms with Crippen molar-refractivity contribution in [3.8, 4) is 0 Å². The number of nitrogens with zero attached hydrogens (tertiary/aromatic N) is 5. The standard InChI is InChI=1S/C37H51N5O3/c1-24-29-21-30(34(24)38(2)37(45)40-16-7-8-17-40)33-32(29)35(43)42(36(33)44)23-27-11-4-3-10-26(27)22-39-18-14-28(15-19-39)41-20-13-25-9-5-6-12-31(25)41/h5-6,9,12-13,20,24,26-30,32-34H,3-4,7-8,10-11,14-19,21-23H2,1-2H3/t24?,26-,27-,29?,30?,32?,33?,34?/m0/s1. The second-order valence-electron chi connectivity index (χ2n) is 15.5. The van der Waals surface area contributed by atoms with E-state index in [1.165, 1.54) is 43.0 Å². The zero-order valence-corrected chi connectivity index (χ0v) is 27.2. The van der Waals surface area contributed by atoms with Crippen LogP contribution in [0.5, 0.6) is 0 Å². The van der Waals surface area contributed by atoms with Crippen LogP contribution in [-0.2, 0) is 9.59 Å². The summed E-state index contributed by atoms with van der Waals surface area (Å²) in [5.41, 5.74) is 1.34. The smallest absolute Gasteiger partial charge is 0.320 e. The number of rotatable bonds is 6. The fourth-order valence-electron chi connectivity index (χ4n) is 11.0. The van der Waals surface area contributed by atoms with Crippen molar-refractivity contribution in [1.82, 2.24) is 24.2 Å². The second kappa shape index (κ2) is 11.7. The molecule has 4 amide bonds. The lowest BCUT2D eigenvalue weighted by Crippen LogP contribution is -2.52. The summed E-state index contributed by atoms with van der Waals surface area (Å²) in [6, 6.07) is 11.6. The molecular formula is C37H51N5O3. The van der Waals surface area contributed by atoms with Crippen LogP contribution in [0.15, 0.2) is 36.5 Å². The van der Waals surface area contributed by atoms with Crippen LogP contribution in [-0.4, -0.2) is 94.4 Å². The zero-order valence-electron chi connectivity index (χ0n) is 27.2. The second-order valence-corrected chi connectivity index (χ2v) is 15.5. The molecular weight excluding hydrogens is 562 g/mol. The molecule has 0 N–H and O–H groups in total. The van der Waals surface area contributed by atoms with Crippen LogP contribution in [0, 0.1) is 41.4 Å². The van der Waals surface area contributed by atoms with Gasteiger partial charge in [0.05, 0.1) is 11.8 Å². The summed E-state index contributed by atoms with van der Waals surface area (Å²) >= 11 is 0. The lowest BCUT2D eigenvalue weighted by molar-refractivity contribution is -0.142. The Balaban J connectivity index is 0.910. The SMILES string of the molecule is CC1C2CC(C3C(=O)N(C[C@@H]4CCCC[C@H]4CN4CCC(n5ccc6ccccc65)CC4)C(=O)C23)C1N(C)C(=O)N1CCCC1. The van der Waals surface area contributed by atoms with Gasteiger partial charge in [-0.15, -0.1) is 0 Å². The number of benzene rings is 1. The minimum atomic E-state index is -0.233. The van der Waals surface area contributed by atoms with Crippen molar-refractivity contribution in [1.29, 1.82) is 0 Å². The van der Waals surface area contributed by atoms with Crippen molar-refractivity contribution in [3.05, 3.63) is 36.5 Å². The summed E-state index contributed by atoms with van der Waals surface area (Å²) in [7, 11) is 1.94. The maximum absolute atomic E-state index is 14.1. The minimum absolute atomic E-state index is 0.0518. The largest absolute Gasteiger partial charge is 0.344 e. The Morgan fingerprint density at radius 2 is 1.49 bits per heavy atom. The van der Waals surface area contributed by atoms with Gasteiger partial charge in [0.15, 0.2) is 0 Å². The van der Waals surface area contributed by atoms with E-state index < -0.39 is 0 Å². The number of carbonyl (C=O) groups excluding carboxylic acids is 3. The van der Waals surface area contributed by atoms with Gasteiger partial charge in [-0.1, -0.05) is 38.0 Å². The molecule has 3 aliphatic carbocycles. The summed E-state index contributed by atoms with van der Waals surface area (Å²) in [6.07, 6.45) is 12.4. The molecule has 8 rings (SSSR count). The number of para-hydroxylation sites is 1. The van der Waals surface area contributed by atoms with E-state index in [2.05, 4.69) is 52.9 Å². The number of hydrogen-bond acceptors (Lipinski definition) is 4. The van der Waals surface area contributed by atoms with E-state index in [1.54, 1.807) is 4.90 Å². The molecule has 3 saturated heterocycles. The third-order valence-corrected chi connectivity index (χ3v) is 13.3. The molecule has 6 aliphatic rings. The maximum Gasteiger partial charge on any atom is 0.320 e. The highest BCUT2D eigenvalue weighted by atomic mass is 16.2. The van der Waals surface area contributed by atoms with Crippen LogP contribution < -0.4 is 0 Å². The molecule has 3 aliphatic heterocycles. The van der Waals surface area contributed by atoms with Crippen LogP contribution in [0.3, 0.4) is 0 Å². The molecule has 6 unspecified atom stereocenters. The first-order valence-corrected chi connectivity index (χ1v) is 18.1. The molecule has 8 nitrogen and oxygen atoms in total. The lowest BCUT2D eigenvalue weighted by Gasteiger charge is -2.40. The number of fused-ring (bicyclic) bond motifs is 6. The van der Waals surface area contributed by atoms with Gasteiger partial charge in [0.1, 0.15) is 0 Å². The van der Waals surface area contributed by atoms with Crippen molar-refractivity contribution < 1.29 is 14.4 Å². The van der Waals surface area contributed by atoms with Crippen molar-refractivity contribution in [3.63, 3.8) is 0 Å². The molecule has 2 bridgehead atoms. The van der Waals surface area contributed by atoms with E-state index in [9.17, 15) is 14.4 Å². The summed E-state index contributed by atoms with van der Waals surface area (Å²) in [5.74, 6) is 1.26. The van der Waals surface area contributed by atoms with E-state index in [0.29, 0.717) is 24.4 Å². The number of hydrogen-bond donors (Lipinski definition) is 0. The summed E-state index contributed by atoms with van der Waals surface area (Å²) in [6.45, 7) is 7.79. The van der Waals surface area contributed by atoms with E-state index in [4.69, 9.17) is 0 Å². The zero-order chi connectivity index (χ0) is 30.8. The first kappa shape index (κ1) is 29.5. The summed E-state index contributed by atoms with van der Waals surface area (Å²) < 4.78 is 2.48. The van der Waals surface area contributed by atoms with Crippen LogP contribution in [0.4, 0.5) is 4.79 Å². The van der Waals surface area contributed by atoms with Crippen molar-refractivity contribution in [2.24, 2.45) is 41.4 Å². The lowest BCUT2D eigenvalue weighted by atomic mass is 9.72. The van der Waals surface area contributed by atoms with E-state index >= 15 is 0 Å². The Morgan fingerprint density at radius 3 is 2.22 bits per heavy atom. The number of amides is 4. The summed E-state index contributed by atoms with van der Waals surface area (Å²) in [4.78, 5) is 49.7. The molecule has 45 heavy (non-hydrogen) atoms. The highest BCUT2D eigenvalue weighted by Gasteiger charge is 2.67. The van der Waals surface area contributed by atoms with E-state index in [0.717, 1.165) is 58.4 Å². The molecule has 0 radical (unpaired) electrons. The average molecular weight is 614 g/mol. The van der Waals surface area contributed by atoms with Gasteiger partial charge in [-0.2, -0.15) is 0 Å². The molecule has 3 saturated carbocycles. The van der Waals surface area contributed by atoms with Gasteiger partial charge in [0.25, 0.3) is 0 Å². The van der Waals surface area contributed by atoms with Gasteiger partial charge in [-0.25, -0.2) is 4.79 Å². The number of imide groups is 1. The highest BCUT2D eigenvalue weighted by molar-refractivity contribution is 6.06. The molecule has 0 spiro atoms. The molecule has 1 aromatic heterocycles. The van der Waals surface area contributed by atoms with Crippen molar-refractivity contribution >= 4 is 28.7 Å². The normalized spacial score (nSPS) is 35.6. The van der Waals surface area contributed by atoms with Gasteiger partial charge in [-0.05, 0) is 92.1 Å². The number of aromatic nitrogens is 1. The third-order valence-electron chi connectivity index (χ3n) is 13.3. The Labute approximate surface area is 268 Å². The van der Waals surface area contributed by atoms with Crippen LogP contribution >= 0.6 is 0 Å². The van der Waals surface area contributed by atoms with Crippen molar-refractivity contribution in [2.75, 3.05) is 46.3 Å². The predicted molar refractivity (Wildman–Crippen MR) is 174 cm³/mol. The summed E-state index contributed by atoms with van der Waals surface area (Å²) in [5, 5.41) is 1.32. The topological polar surface area (TPSA) is 69.1 Å². The maximum atomic E-state index is 14.1. The van der Waals surface area contributed by atoms with Gasteiger partial charge in [0, 0.05) is 70.1 Å². The van der Waals surface area contributed by atoms with E-state index in [-0.39, 0.29) is 53.5 Å². The third kappa shape index (κ3) is 4.92. The Kier molecular flexibility index (Phi) is 7.70. The van der Waals surface area contributed by atoms with Crippen LogP contribution in [0.2, 0.25) is 0 Å². The number of carbonyl (C=O) groups is 3. The first-order valence-electron chi connectivity index (χ1n) is 18.1. The minimum Gasteiger partial charge on any atom is -0.344 e.